The maximum Gasteiger partial charge on any atom is 0.155 e. The minimum absolute atomic E-state index is 0.482. The van der Waals surface area contributed by atoms with Gasteiger partial charge in [0, 0.05) is 0 Å². The Bertz CT molecular complexity index is 408. The standard InChI is InChI=1S/C8H8ClN3/c1-2-6-3-4-8-10-7(9)5-12(8)11-6/h3-5H,2H2,1H3. The van der Waals surface area contributed by atoms with Crippen molar-refractivity contribution in [2.45, 2.75) is 13.3 Å². The van der Waals surface area contributed by atoms with E-state index < -0.39 is 0 Å². The molecule has 62 valence electrons. The van der Waals surface area contributed by atoms with Crippen molar-refractivity contribution in [3.8, 4) is 0 Å². The minimum atomic E-state index is 0.482. The van der Waals surface area contributed by atoms with Crippen molar-refractivity contribution in [2.24, 2.45) is 0 Å². The zero-order valence-corrected chi connectivity index (χ0v) is 7.41. The molecule has 0 aliphatic heterocycles. The van der Waals surface area contributed by atoms with Crippen LogP contribution in [0.25, 0.3) is 5.65 Å². The first-order chi connectivity index (χ1) is 5.79. The number of nitrogens with zero attached hydrogens (tertiary/aromatic N) is 3. The summed E-state index contributed by atoms with van der Waals surface area (Å²) >= 11 is 5.71. The Kier molecular flexibility index (Phi) is 1.73. The Labute approximate surface area is 75.0 Å². The summed E-state index contributed by atoms with van der Waals surface area (Å²) in [6.07, 6.45) is 2.63. The molecular weight excluding hydrogens is 174 g/mol. The minimum Gasteiger partial charge on any atom is -0.219 e. The zero-order valence-electron chi connectivity index (χ0n) is 6.66. The molecule has 0 aliphatic carbocycles. The second kappa shape index (κ2) is 2.75. The SMILES string of the molecule is CCc1ccc2nc(Cl)cn2n1. The maximum absolute atomic E-state index is 5.71. The van der Waals surface area contributed by atoms with Crippen LogP contribution in [0.5, 0.6) is 0 Å². The first-order valence-corrected chi connectivity index (χ1v) is 4.18. The molecule has 2 aromatic heterocycles. The predicted molar refractivity (Wildman–Crippen MR) is 47.4 cm³/mol. The highest BCUT2D eigenvalue weighted by Crippen LogP contribution is 2.08. The van der Waals surface area contributed by atoms with Gasteiger partial charge in [0.2, 0.25) is 0 Å². The second-order valence-electron chi connectivity index (χ2n) is 2.54. The lowest BCUT2D eigenvalue weighted by molar-refractivity contribution is 0.862. The summed E-state index contributed by atoms with van der Waals surface area (Å²) in [5, 5.41) is 4.77. The van der Waals surface area contributed by atoms with Gasteiger partial charge in [-0.25, -0.2) is 9.50 Å². The third-order valence-electron chi connectivity index (χ3n) is 1.71. The number of halogens is 1. The first kappa shape index (κ1) is 7.55. The summed E-state index contributed by atoms with van der Waals surface area (Å²) in [6, 6.07) is 3.87. The van der Waals surface area contributed by atoms with Crippen molar-refractivity contribution in [2.75, 3.05) is 0 Å². The Morgan fingerprint density at radius 3 is 3.08 bits per heavy atom. The summed E-state index contributed by atoms with van der Waals surface area (Å²) in [5.41, 5.74) is 1.83. The molecule has 0 atom stereocenters. The van der Waals surface area contributed by atoms with Crippen molar-refractivity contribution < 1.29 is 0 Å². The van der Waals surface area contributed by atoms with Crippen molar-refractivity contribution in [3.63, 3.8) is 0 Å². The molecule has 4 heteroatoms. The van der Waals surface area contributed by atoms with Crippen LogP contribution >= 0.6 is 11.6 Å². The topological polar surface area (TPSA) is 30.2 Å². The summed E-state index contributed by atoms with van der Waals surface area (Å²) in [6.45, 7) is 2.06. The van der Waals surface area contributed by atoms with Gasteiger partial charge in [0.15, 0.2) is 5.65 Å². The van der Waals surface area contributed by atoms with E-state index in [2.05, 4.69) is 17.0 Å². The molecule has 0 aliphatic rings. The number of aromatic nitrogens is 3. The van der Waals surface area contributed by atoms with E-state index in [1.807, 2.05) is 12.1 Å². The van der Waals surface area contributed by atoms with Gasteiger partial charge in [-0.15, -0.1) is 0 Å². The average molecular weight is 182 g/mol. The number of hydrogen-bond donors (Lipinski definition) is 0. The monoisotopic (exact) mass is 181 g/mol. The summed E-state index contributed by atoms with van der Waals surface area (Å²) in [4.78, 5) is 4.05. The quantitative estimate of drug-likeness (QED) is 0.673. The van der Waals surface area contributed by atoms with E-state index in [9.17, 15) is 0 Å². The van der Waals surface area contributed by atoms with Crippen LogP contribution in [0.1, 0.15) is 12.6 Å². The molecule has 2 rings (SSSR count). The van der Waals surface area contributed by atoms with E-state index >= 15 is 0 Å². The normalized spacial score (nSPS) is 10.8. The van der Waals surface area contributed by atoms with E-state index in [0.717, 1.165) is 17.8 Å². The van der Waals surface area contributed by atoms with Crippen LogP contribution in [-0.2, 0) is 6.42 Å². The molecule has 0 radical (unpaired) electrons. The van der Waals surface area contributed by atoms with Gasteiger partial charge in [-0.05, 0) is 18.6 Å². The summed E-state index contributed by atoms with van der Waals surface area (Å²) in [7, 11) is 0. The molecule has 0 N–H and O–H groups in total. The highest BCUT2D eigenvalue weighted by atomic mass is 35.5. The van der Waals surface area contributed by atoms with Gasteiger partial charge in [0.1, 0.15) is 5.15 Å². The largest absolute Gasteiger partial charge is 0.219 e. The van der Waals surface area contributed by atoms with Crippen LogP contribution in [0.15, 0.2) is 18.3 Å². The molecule has 0 aromatic carbocycles. The predicted octanol–water partition coefficient (Wildman–Crippen LogP) is 1.95. The number of aryl methyl sites for hydroxylation is 1. The molecule has 0 saturated heterocycles. The van der Waals surface area contributed by atoms with Crippen molar-refractivity contribution in [1.29, 1.82) is 0 Å². The van der Waals surface area contributed by atoms with Gasteiger partial charge in [-0.3, -0.25) is 0 Å². The Hall–Kier alpha value is -1.09. The average Bonchev–Trinajstić information content (AvgIpc) is 2.43. The molecule has 0 bridgehead atoms. The second-order valence-corrected chi connectivity index (χ2v) is 2.93. The van der Waals surface area contributed by atoms with E-state index in [4.69, 9.17) is 11.6 Å². The smallest absolute Gasteiger partial charge is 0.155 e. The number of hydrogen-bond acceptors (Lipinski definition) is 2. The van der Waals surface area contributed by atoms with Gasteiger partial charge < -0.3 is 0 Å². The molecule has 2 heterocycles. The molecule has 0 amide bonds. The lowest BCUT2D eigenvalue weighted by atomic mass is 10.3. The van der Waals surface area contributed by atoms with Gasteiger partial charge >= 0.3 is 0 Å². The number of fused-ring (bicyclic) bond motifs is 1. The third kappa shape index (κ3) is 1.16. The Balaban J connectivity index is 2.66. The van der Waals surface area contributed by atoms with Crippen molar-refractivity contribution >= 4 is 17.2 Å². The molecule has 0 spiro atoms. The summed E-state index contributed by atoms with van der Waals surface area (Å²) in [5.74, 6) is 0. The van der Waals surface area contributed by atoms with Gasteiger partial charge in [-0.2, -0.15) is 5.10 Å². The molecular formula is C8H8ClN3. The molecule has 2 aromatic rings. The lowest BCUT2D eigenvalue weighted by Crippen LogP contribution is -1.94. The van der Waals surface area contributed by atoms with Crippen LogP contribution < -0.4 is 0 Å². The van der Waals surface area contributed by atoms with Crippen molar-refractivity contribution in [1.82, 2.24) is 14.6 Å². The fraction of sp³-hybridized carbons (Fsp3) is 0.250. The fourth-order valence-corrected chi connectivity index (χ4v) is 1.26. The maximum atomic E-state index is 5.71. The van der Waals surface area contributed by atoms with Crippen LogP contribution in [-0.4, -0.2) is 14.6 Å². The van der Waals surface area contributed by atoms with Gasteiger partial charge in [0.25, 0.3) is 0 Å². The first-order valence-electron chi connectivity index (χ1n) is 3.80. The number of rotatable bonds is 1. The molecule has 12 heavy (non-hydrogen) atoms. The van der Waals surface area contributed by atoms with Crippen LogP contribution in [0.4, 0.5) is 0 Å². The Morgan fingerprint density at radius 2 is 2.33 bits per heavy atom. The van der Waals surface area contributed by atoms with Crippen LogP contribution in [0.2, 0.25) is 5.15 Å². The highest BCUT2D eigenvalue weighted by molar-refractivity contribution is 6.29. The van der Waals surface area contributed by atoms with Crippen molar-refractivity contribution in [3.05, 3.63) is 29.2 Å². The van der Waals surface area contributed by atoms with Gasteiger partial charge in [0.05, 0.1) is 11.9 Å². The molecule has 0 fully saturated rings. The lowest BCUT2D eigenvalue weighted by Gasteiger charge is -1.95. The molecule has 0 saturated carbocycles. The molecule has 0 unspecified atom stereocenters. The van der Waals surface area contributed by atoms with E-state index in [1.165, 1.54) is 0 Å². The Morgan fingerprint density at radius 1 is 1.50 bits per heavy atom. The number of imidazole rings is 1. The summed E-state index contributed by atoms with van der Waals surface area (Å²) < 4.78 is 1.70. The van der Waals surface area contributed by atoms with E-state index in [-0.39, 0.29) is 0 Å². The van der Waals surface area contributed by atoms with E-state index in [1.54, 1.807) is 10.7 Å². The molecule has 3 nitrogen and oxygen atoms in total. The highest BCUT2D eigenvalue weighted by Gasteiger charge is 1.99. The fourth-order valence-electron chi connectivity index (χ4n) is 1.08. The van der Waals surface area contributed by atoms with Crippen LogP contribution in [0.3, 0.4) is 0 Å². The third-order valence-corrected chi connectivity index (χ3v) is 1.89. The van der Waals surface area contributed by atoms with Gasteiger partial charge in [-0.1, -0.05) is 18.5 Å². The zero-order chi connectivity index (χ0) is 8.55. The van der Waals surface area contributed by atoms with E-state index in [0.29, 0.717) is 5.15 Å². The van der Waals surface area contributed by atoms with Crippen LogP contribution in [0, 0.1) is 0 Å².